The Bertz CT molecular complexity index is 1310. The summed E-state index contributed by atoms with van der Waals surface area (Å²) in [6.07, 6.45) is 5.89. The Hall–Kier alpha value is -3.03. The predicted octanol–water partition coefficient (Wildman–Crippen LogP) is 4.50. The van der Waals surface area contributed by atoms with Gasteiger partial charge in [0.05, 0.1) is 17.6 Å². The van der Waals surface area contributed by atoms with Crippen LogP contribution in [0, 0.1) is 18.2 Å². The summed E-state index contributed by atoms with van der Waals surface area (Å²) in [7, 11) is 0. The summed E-state index contributed by atoms with van der Waals surface area (Å²) in [6, 6.07) is 14.0. The molecule has 4 heterocycles. The minimum absolute atomic E-state index is 0. The summed E-state index contributed by atoms with van der Waals surface area (Å²) in [4.78, 5) is 11.6. The van der Waals surface area contributed by atoms with Crippen molar-refractivity contribution in [2.45, 2.75) is 32.2 Å². The average Bonchev–Trinajstić information content (AvgIpc) is 3.32. The summed E-state index contributed by atoms with van der Waals surface area (Å²) < 4.78 is 16.6. The molecule has 0 amide bonds. The zero-order chi connectivity index (χ0) is 21.9. The molecule has 6 nitrogen and oxygen atoms in total. The Morgan fingerprint density at radius 1 is 1.09 bits per heavy atom. The highest BCUT2D eigenvalue weighted by molar-refractivity contribution is 5.85. The SMILES string of the molecule is Cc1nc(N2CCC3(CC2)Cc2ncccc2[C@H]3N)c2c(F)cnn2c1-c1ccccc1.Cl. The molecule has 0 bridgehead atoms. The molecule has 1 aromatic carbocycles. The second-order valence-corrected chi connectivity index (χ2v) is 9.03. The van der Waals surface area contributed by atoms with Crippen LogP contribution in [0.4, 0.5) is 10.2 Å². The maximum Gasteiger partial charge on any atom is 0.172 e. The number of nitrogens with two attached hydrogens (primary N) is 1. The van der Waals surface area contributed by atoms with Crippen LogP contribution >= 0.6 is 12.4 Å². The molecule has 1 atom stereocenters. The normalized spacial score (nSPS) is 19.0. The van der Waals surface area contributed by atoms with E-state index in [1.54, 1.807) is 4.52 Å². The summed E-state index contributed by atoms with van der Waals surface area (Å²) in [5.41, 5.74) is 12.1. The first-order chi connectivity index (χ1) is 15.6. The van der Waals surface area contributed by atoms with Crippen molar-refractivity contribution in [3.63, 3.8) is 0 Å². The van der Waals surface area contributed by atoms with E-state index in [0.717, 1.165) is 55.0 Å². The number of halogens is 2. The first-order valence-corrected chi connectivity index (χ1v) is 11.1. The lowest BCUT2D eigenvalue weighted by Crippen LogP contribution is -2.44. The number of rotatable bonds is 2. The van der Waals surface area contributed by atoms with Crippen molar-refractivity contribution in [1.29, 1.82) is 0 Å². The number of aromatic nitrogens is 4. The van der Waals surface area contributed by atoms with Gasteiger partial charge in [-0.3, -0.25) is 4.98 Å². The van der Waals surface area contributed by atoms with Crippen molar-refractivity contribution in [2.75, 3.05) is 18.0 Å². The van der Waals surface area contributed by atoms with Gasteiger partial charge in [0, 0.05) is 36.6 Å². The number of benzene rings is 1. The van der Waals surface area contributed by atoms with Gasteiger partial charge in [0.15, 0.2) is 11.6 Å². The Morgan fingerprint density at radius 3 is 2.58 bits per heavy atom. The maximum atomic E-state index is 14.9. The standard InChI is InChI=1S/C25H25FN6.ClH/c1-16-21(17-6-3-2-4-7-17)32-22(19(26)15-29-32)24(30-16)31-12-9-25(10-13-31)14-20-18(23(25)27)8-5-11-28-20;/h2-8,11,15,23H,9-10,12-14,27H2,1H3;1H/t23-;/m1./s1. The lowest BCUT2D eigenvalue weighted by molar-refractivity contribution is 0.186. The van der Waals surface area contributed by atoms with Gasteiger partial charge in [0.25, 0.3) is 0 Å². The average molecular weight is 465 g/mol. The lowest BCUT2D eigenvalue weighted by Gasteiger charge is -2.42. The Balaban J connectivity index is 0.00000228. The van der Waals surface area contributed by atoms with Gasteiger partial charge in [-0.2, -0.15) is 5.10 Å². The van der Waals surface area contributed by atoms with Gasteiger partial charge >= 0.3 is 0 Å². The van der Waals surface area contributed by atoms with Crippen molar-refractivity contribution < 1.29 is 4.39 Å². The van der Waals surface area contributed by atoms with Gasteiger partial charge < -0.3 is 10.6 Å². The monoisotopic (exact) mass is 464 g/mol. The molecule has 0 radical (unpaired) electrons. The zero-order valence-electron chi connectivity index (χ0n) is 18.4. The number of fused-ring (bicyclic) bond motifs is 2. The molecule has 170 valence electrons. The summed E-state index contributed by atoms with van der Waals surface area (Å²) in [5.74, 6) is 0.313. The van der Waals surface area contributed by atoms with Crippen molar-refractivity contribution >= 4 is 23.7 Å². The van der Waals surface area contributed by atoms with E-state index in [-0.39, 0.29) is 29.7 Å². The molecule has 1 fully saturated rings. The first-order valence-electron chi connectivity index (χ1n) is 11.1. The smallest absolute Gasteiger partial charge is 0.172 e. The van der Waals surface area contributed by atoms with Gasteiger partial charge in [0.2, 0.25) is 0 Å². The molecule has 0 unspecified atom stereocenters. The van der Waals surface area contributed by atoms with Crippen LogP contribution < -0.4 is 10.6 Å². The summed E-state index contributed by atoms with van der Waals surface area (Å²) in [6.45, 7) is 3.52. The Labute approximate surface area is 198 Å². The highest BCUT2D eigenvalue weighted by Crippen LogP contribution is 2.50. The minimum atomic E-state index is -0.348. The molecule has 4 aromatic rings. The second kappa shape index (κ2) is 8.08. The molecule has 6 rings (SSSR count). The predicted molar refractivity (Wildman–Crippen MR) is 129 cm³/mol. The molecule has 2 N–H and O–H groups in total. The number of piperidine rings is 1. The van der Waals surface area contributed by atoms with Crippen LogP contribution in [0.25, 0.3) is 16.8 Å². The minimum Gasteiger partial charge on any atom is -0.355 e. The quantitative estimate of drug-likeness (QED) is 0.472. The molecule has 2 aliphatic rings. The van der Waals surface area contributed by atoms with Crippen LogP contribution in [0.1, 0.15) is 35.8 Å². The van der Waals surface area contributed by atoms with E-state index in [0.29, 0.717) is 11.3 Å². The molecule has 1 aliphatic heterocycles. The van der Waals surface area contributed by atoms with Crippen molar-refractivity contribution in [1.82, 2.24) is 19.6 Å². The lowest BCUT2D eigenvalue weighted by atomic mass is 9.73. The van der Waals surface area contributed by atoms with Crippen LogP contribution in [0.15, 0.2) is 54.9 Å². The molecule has 0 saturated carbocycles. The van der Waals surface area contributed by atoms with E-state index in [9.17, 15) is 4.39 Å². The van der Waals surface area contributed by atoms with E-state index >= 15 is 0 Å². The molecule has 3 aromatic heterocycles. The molecule has 1 spiro atoms. The van der Waals surface area contributed by atoms with Gasteiger partial charge in [-0.25, -0.2) is 13.9 Å². The van der Waals surface area contributed by atoms with Gasteiger partial charge in [0.1, 0.15) is 5.52 Å². The Kier molecular flexibility index (Phi) is 5.34. The van der Waals surface area contributed by atoms with Crippen LogP contribution in [0.5, 0.6) is 0 Å². The van der Waals surface area contributed by atoms with E-state index in [2.05, 4.69) is 21.0 Å². The van der Waals surface area contributed by atoms with Crippen molar-refractivity contribution in [3.05, 3.63) is 77.6 Å². The Morgan fingerprint density at radius 2 is 1.85 bits per heavy atom. The fourth-order valence-corrected chi connectivity index (χ4v) is 5.57. The van der Waals surface area contributed by atoms with E-state index < -0.39 is 0 Å². The van der Waals surface area contributed by atoms with E-state index in [1.807, 2.05) is 49.5 Å². The molecule has 33 heavy (non-hydrogen) atoms. The van der Waals surface area contributed by atoms with Crippen molar-refractivity contribution in [2.24, 2.45) is 11.1 Å². The number of nitrogens with zero attached hydrogens (tertiary/aromatic N) is 5. The number of anilines is 1. The second-order valence-electron chi connectivity index (χ2n) is 9.03. The summed E-state index contributed by atoms with van der Waals surface area (Å²) in [5, 5.41) is 4.37. The van der Waals surface area contributed by atoms with Crippen LogP contribution in [0.2, 0.25) is 0 Å². The highest BCUT2D eigenvalue weighted by Gasteiger charge is 2.47. The topological polar surface area (TPSA) is 72.3 Å². The third-order valence-corrected chi connectivity index (χ3v) is 7.31. The van der Waals surface area contributed by atoms with Gasteiger partial charge in [-0.05, 0) is 43.2 Å². The fraction of sp³-hybridized carbons (Fsp3) is 0.320. The summed E-state index contributed by atoms with van der Waals surface area (Å²) >= 11 is 0. The number of hydrogen-bond acceptors (Lipinski definition) is 5. The third kappa shape index (κ3) is 3.30. The molecular formula is C25H26ClFN6. The van der Waals surface area contributed by atoms with E-state index in [4.69, 9.17) is 10.7 Å². The zero-order valence-corrected chi connectivity index (χ0v) is 19.2. The van der Waals surface area contributed by atoms with E-state index in [1.165, 1.54) is 11.8 Å². The number of aryl methyl sites for hydroxylation is 1. The highest BCUT2D eigenvalue weighted by atomic mass is 35.5. The molecular weight excluding hydrogens is 439 g/mol. The van der Waals surface area contributed by atoms with Gasteiger partial charge in [-0.15, -0.1) is 12.4 Å². The van der Waals surface area contributed by atoms with Crippen LogP contribution in [-0.4, -0.2) is 32.7 Å². The third-order valence-electron chi connectivity index (χ3n) is 7.31. The maximum absolute atomic E-state index is 14.9. The molecule has 1 saturated heterocycles. The number of hydrogen-bond donors (Lipinski definition) is 1. The van der Waals surface area contributed by atoms with Gasteiger partial charge in [-0.1, -0.05) is 36.4 Å². The number of pyridine rings is 1. The first kappa shape index (κ1) is 21.8. The molecule has 1 aliphatic carbocycles. The van der Waals surface area contributed by atoms with Crippen molar-refractivity contribution in [3.8, 4) is 11.3 Å². The largest absolute Gasteiger partial charge is 0.355 e. The van der Waals surface area contributed by atoms with Crippen LogP contribution in [-0.2, 0) is 6.42 Å². The van der Waals surface area contributed by atoms with Crippen LogP contribution in [0.3, 0.4) is 0 Å². The molecule has 8 heteroatoms. The fourth-order valence-electron chi connectivity index (χ4n) is 5.57.